The molecule has 0 atom stereocenters. The van der Waals surface area contributed by atoms with Gasteiger partial charge in [0.15, 0.2) is 0 Å². The number of carbonyl (C=O) groups is 1. The van der Waals surface area contributed by atoms with Gasteiger partial charge in [0.25, 0.3) is 5.91 Å². The first-order valence-corrected chi connectivity index (χ1v) is 11.4. The van der Waals surface area contributed by atoms with E-state index in [1.54, 1.807) is 24.3 Å². The number of carbonyl (C=O) groups excluding carboxylic acids is 1. The van der Waals surface area contributed by atoms with Crippen LogP contribution in [-0.2, 0) is 0 Å². The maximum atomic E-state index is 13.5. The first-order valence-electron chi connectivity index (χ1n) is 11.4. The molecule has 178 valence electrons. The molecule has 0 saturated heterocycles. The highest BCUT2D eigenvalue weighted by Crippen LogP contribution is 2.26. The van der Waals surface area contributed by atoms with Crippen LogP contribution in [0.15, 0.2) is 48.8 Å². The van der Waals surface area contributed by atoms with E-state index < -0.39 is 5.82 Å². The van der Waals surface area contributed by atoms with E-state index in [0.717, 1.165) is 37.1 Å². The zero-order valence-corrected chi connectivity index (χ0v) is 19.6. The average molecular weight is 465 g/mol. The maximum absolute atomic E-state index is 13.5. The summed E-state index contributed by atoms with van der Waals surface area (Å²) in [5.41, 5.74) is 1.34. The smallest absolute Gasteiger partial charge is 0.257 e. The van der Waals surface area contributed by atoms with Crippen LogP contribution in [-0.4, -0.2) is 47.0 Å². The topological polar surface area (TPSA) is 92.3 Å². The fraction of sp³-hybridized carbons (Fsp3) is 0.360. The summed E-state index contributed by atoms with van der Waals surface area (Å²) in [6.45, 7) is 1.99. The number of pyridine rings is 1. The highest BCUT2D eigenvalue weighted by Gasteiger charge is 2.25. The molecule has 9 heteroatoms. The number of hydrogen-bond donors (Lipinski definition) is 2. The van der Waals surface area contributed by atoms with E-state index >= 15 is 0 Å². The minimum absolute atomic E-state index is 0.0454. The molecule has 0 aliphatic heterocycles. The van der Waals surface area contributed by atoms with E-state index in [1.165, 1.54) is 18.3 Å². The number of halogens is 1. The number of amides is 1. The Labute approximate surface area is 198 Å². The summed E-state index contributed by atoms with van der Waals surface area (Å²) in [4.78, 5) is 28.1. The van der Waals surface area contributed by atoms with Gasteiger partial charge in [-0.2, -0.15) is 4.98 Å². The summed E-state index contributed by atoms with van der Waals surface area (Å²) < 4.78 is 19.2. The molecule has 2 N–H and O–H groups in total. The van der Waals surface area contributed by atoms with Gasteiger partial charge in [0, 0.05) is 50.2 Å². The maximum Gasteiger partial charge on any atom is 0.257 e. The number of hydrogen-bond acceptors (Lipinski definition) is 7. The van der Waals surface area contributed by atoms with Crippen molar-refractivity contribution < 1.29 is 13.9 Å². The van der Waals surface area contributed by atoms with Crippen molar-refractivity contribution >= 4 is 17.7 Å². The predicted molar refractivity (Wildman–Crippen MR) is 129 cm³/mol. The quantitative estimate of drug-likeness (QED) is 0.538. The van der Waals surface area contributed by atoms with Gasteiger partial charge >= 0.3 is 0 Å². The summed E-state index contributed by atoms with van der Waals surface area (Å²) >= 11 is 0. The van der Waals surface area contributed by atoms with Crippen molar-refractivity contribution in [3.8, 4) is 11.6 Å². The molecule has 1 fully saturated rings. The molecular weight excluding hydrogens is 435 g/mol. The largest absolute Gasteiger partial charge is 0.438 e. The third-order valence-electron chi connectivity index (χ3n) is 5.79. The number of anilines is 2. The Morgan fingerprint density at radius 3 is 2.59 bits per heavy atom. The van der Waals surface area contributed by atoms with E-state index in [-0.39, 0.29) is 29.6 Å². The molecule has 1 aliphatic carbocycles. The molecule has 4 rings (SSSR count). The summed E-state index contributed by atoms with van der Waals surface area (Å²) in [6.07, 6.45) is 6.80. The van der Waals surface area contributed by atoms with Crippen LogP contribution in [0.1, 0.15) is 41.6 Å². The van der Waals surface area contributed by atoms with Crippen LogP contribution in [0, 0.1) is 12.7 Å². The van der Waals surface area contributed by atoms with Crippen LogP contribution < -0.4 is 20.3 Å². The lowest BCUT2D eigenvalue weighted by Gasteiger charge is -2.30. The number of aromatic nitrogens is 3. The second-order valence-electron chi connectivity index (χ2n) is 8.68. The van der Waals surface area contributed by atoms with Crippen molar-refractivity contribution in [2.75, 3.05) is 24.3 Å². The first kappa shape index (κ1) is 23.4. The van der Waals surface area contributed by atoms with Gasteiger partial charge in [0.05, 0.1) is 0 Å². The standard InChI is InChI=1S/C25H29FN6O2/c1-16-15-28-25(31-22(16)32(2)3)30-19-11-9-18(10-12-19)29-23(33)21-8-5-13-27-24(21)34-20-7-4-6-17(26)14-20/h4-8,13-15,18-19H,9-12H2,1-3H3,(H,29,33)(H,28,30,31)/t18-,19+. The van der Waals surface area contributed by atoms with E-state index in [1.807, 2.05) is 32.1 Å². The number of nitrogens with zero attached hydrogens (tertiary/aromatic N) is 4. The van der Waals surface area contributed by atoms with E-state index in [0.29, 0.717) is 11.5 Å². The van der Waals surface area contributed by atoms with Gasteiger partial charge in [0.1, 0.15) is 22.9 Å². The third kappa shape index (κ3) is 5.78. The molecule has 1 aromatic carbocycles. The molecular formula is C25H29FN6O2. The number of rotatable bonds is 7. The molecule has 8 nitrogen and oxygen atoms in total. The Balaban J connectivity index is 1.33. The Hall–Kier alpha value is -3.75. The van der Waals surface area contributed by atoms with Crippen LogP contribution in [0.4, 0.5) is 16.2 Å². The van der Waals surface area contributed by atoms with Gasteiger partial charge < -0.3 is 20.3 Å². The van der Waals surface area contributed by atoms with E-state index in [4.69, 9.17) is 4.74 Å². The average Bonchev–Trinajstić information content (AvgIpc) is 2.82. The predicted octanol–water partition coefficient (Wildman–Crippen LogP) is 4.33. The molecule has 0 bridgehead atoms. The molecule has 1 aliphatic rings. The molecule has 1 amide bonds. The lowest BCUT2D eigenvalue weighted by atomic mass is 9.91. The molecule has 2 aromatic heterocycles. The second kappa shape index (κ2) is 10.5. The van der Waals surface area contributed by atoms with Crippen molar-refractivity contribution in [3.63, 3.8) is 0 Å². The normalized spacial score (nSPS) is 17.6. The van der Waals surface area contributed by atoms with Gasteiger partial charge in [-0.05, 0) is 56.9 Å². The zero-order valence-electron chi connectivity index (χ0n) is 19.6. The van der Waals surface area contributed by atoms with Crippen molar-refractivity contribution in [2.45, 2.75) is 44.7 Å². The van der Waals surface area contributed by atoms with Crippen LogP contribution in [0.2, 0.25) is 0 Å². The minimum Gasteiger partial charge on any atom is -0.438 e. The van der Waals surface area contributed by atoms with Crippen LogP contribution in [0.3, 0.4) is 0 Å². The van der Waals surface area contributed by atoms with E-state index in [9.17, 15) is 9.18 Å². The highest BCUT2D eigenvalue weighted by molar-refractivity contribution is 5.96. The van der Waals surface area contributed by atoms with Crippen molar-refractivity contribution in [3.05, 3.63) is 65.7 Å². The summed E-state index contributed by atoms with van der Waals surface area (Å²) in [5.74, 6) is 1.28. The number of benzene rings is 1. The fourth-order valence-electron chi connectivity index (χ4n) is 4.07. The highest BCUT2D eigenvalue weighted by atomic mass is 19.1. The first-order chi connectivity index (χ1) is 16.4. The van der Waals surface area contributed by atoms with Gasteiger partial charge in [-0.15, -0.1) is 0 Å². The molecule has 0 unspecified atom stereocenters. The van der Waals surface area contributed by atoms with Gasteiger partial charge in [-0.1, -0.05) is 6.07 Å². The molecule has 0 radical (unpaired) electrons. The van der Waals surface area contributed by atoms with Crippen molar-refractivity contribution in [2.24, 2.45) is 0 Å². The number of nitrogens with one attached hydrogen (secondary N) is 2. The Morgan fingerprint density at radius 1 is 1.09 bits per heavy atom. The molecule has 34 heavy (non-hydrogen) atoms. The monoisotopic (exact) mass is 464 g/mol. The summed E-state index contributed by atoms with van der Waals surface area (Å²) in [7, 11) is 3.92. The van der Waals surface area contributed by atoms with Crippen molar-refractivity contribution in [1.82, 2.24) is 20.3 Å². The van der Waals surface area contributed by atoms with Gasteiger partial charge in [-0.25, -0.2) is 14.4 Å². The third-order valence-corrected chi connectivity index (χ3v) is 5.79. The van der Waals surface area contributed by atoms with Crippen LogP contribution in [0.5, 0.6) is 11.6 Å². The number of ether oxygens (including phenoxy) is 1. The van der Waals surface area contributed by atoms with Gasteiger partial charge in [0.2, 0.25) is 11.8 Å². The van der Waals surface area contributed by atoms with E-state index in [2.05, 4.69) is 25.6 Å². The molecule has 3 aromatic rings. The summed E-state index contributed by atoms with van der Waals surface area (Å²) in [5, 5.41) is 6.52. The lowest BCUT2D eigenvalue weighted by Crippen LogP contribution is -2.40. The zero-order chi connectivity index (χ0) is 24.1. The molecule has 0 spiro atoms. The molecule has 1 saturated carbocycles. The molecule has 2 heterocycles. The van der Waals surface area contributed by atoms with Crippen LogP contribution in [0.25, 0.3) is 0 Å². The minimum atomic E-state index is -0.418. The Morgan fingerprint density at radius 2 is 1.85 bits per heavy atom. The summed E-state index contributed by atoms with van der Waals surface area (Å²) in [6, 6.07) is 9.37. The Kier molecular flexibility index (Phi) is 7.20. The van der Waals surface area contributed by atoms with Crippen molar-refractivity contribution in [1.29, 1.82) is 0 Å². The number of aryl methyl sites for hydroxylation is 1. The second-order valence-corrected chi connectivity index (χ2v) is 8.68. The fourth-order valence-corrected chi connectivity index (χ4v) is 4.07. The lowest BCUT2D eigenvalue weighted by molar-refractivity contribution is 0.0923. The SMILES string of the molecule is Cc1cnc(N[C@H]2CC[C@@H](NC(=O)c3cccnc3Oc3cccc(F)c3)CC2)nc1N(C)C. The van der Waals surface area contributed by atoms with Crippen LogP contribution >= 0.6 is 0 Å². The van der Waals surface area contributed by atoms with Gasteiger partial charge in [-0.3, -0.25) is 4.79 Å². The Bertz CT molecular complexity index is 1150.